The van der Waals surface area contributed by atoms with Crippen LogP contribution in [0.4, 0.5) is 19.0 Å². The van der Waals surface area contributed by atoms with E-state index in [1.807, 2.05) is 6.92 Å². The van der Waals surface area contributed by atoms with Gasteiger partial charge in [-0.3, -0.25) is 9.89 Å². The van der Waals surface area contributed by atoms with E-state index >= 15 is 0 Å². The zero-order valence-corrected chi connectivity index (χ0v) is 11.3. The molecule has 2 unspecified atom stereocenters. The lowest BCUT2D eigenvalue weighted by Crippen LogP contribution is -2.39. The van der Waals surface area contributed by atoms with Crippen LogP contribution in [0.1, 0.15) is 38.3 Å². The predicted octanol–water partition coefficient (Wildman–Crippen LogP) is 3.28. The van der Waals surface area contributed by atoms with Crippen molar-refractivity contribution in [2.45, 2.75) is 45.2 Å². The number of rotatable bonds is 3. The first-order valence-corrected chi connectivity index (χ1v) is 6.83. The Morgan fingerprint density at radius 1 is 1.45 bits per heavy atom. The van der Waals surface area contributed by atoms with Crippen molar-refractivity contribution in [3.63, 3.8) is 0 Å². The highest BCUT2D eigenvalue weighted by molar-refractivity contribution is 5.92. The molecule has 1 saturated carbocycles. The lowest BCUT2D eigenvalue weighted by atomic mass is 9.78. The Morgan fingerprint density at radius 3 is 2.75 bits per heavy atom. The lowest BCUT2D eigenvalue weighted by molar-refractivity contribution is -0.197. The van der Waals surface area contributed by atoms with Gasteiger partial charge in [-0.1, -0.05) is 19.8 Å². The molecule has 1 aromatic heterocycles. The molecule has 0 aliphatic heterocycles. The van der Waals surface area contributed by atoms with Crippen LogP contribution in [0.2, 0.25) is 0 Å². The van der Waals surface area contributed by atoms with E-state index in [0.29, 0.717) is 18.7 Å². The van der Waals surface area contributed by atoms with E-state index in [9.17, 15) is 18.0 Å². The molecular weight excluding hydrogens is 271 g/mol. The maximum Gasteiger partial charge on any atom is 0.392 e. The summed E-state index contributed by atoms with van der Waals surface area (Å²) < 4.78 is 38.8. The van der Waals surface area contributed by atoms with E-state index in [4.69, 9.17) is 0 Å². The highest BCUT2D eigenvalue weighted by Crippen LogP contribution is 2.41. The molecule has 0 radical (unpaired) electrons. The van der Waals surface area contributed by atoms with Crippen LogP contribution in [0.3, 0.4) is 0 Å². The number of aromatic amines is 1. The molecule has 1 aliphatic rings. The Hall–Kier alpha value is -1.53. The van der Waals surface area contributed by atoms with Crippen LogP contribution in [0.25, 0.3) is 0 Å². The second-order valence-electron chi connectivity index (χ2n) is 5.16. The van der Waals surface area contributed by atoms with Crippen molar-refractivity contribution < 1.29 is 18.0 Å². The van der Waals surface area contributed by atoms with Gasteiger partial charge >= 0.3 is 6.18 Å². The fraction of sp³-hybridized carbons (Fsp3) is 0.692. The summed E-state index contributed by atoms with van der Waals surface area (Å²) in [6, 6.07) is 1.64. The van der Waals surface area contributed by atoms with E-state index in [1.165, 1.54) is 0 Å². The number of halogens is 3. The maximum absolute atomic E-state index is 12.9. The first-order valence-electron chi connectivity index (χ1n) is 6.83. The summed E-state index contributed by atoms with van der Waals surface area (Å²) in [5, 5.41) is 9.08. The largest absolute Gasteiger partial charge is 0.392 e. The molecule has 0 saturated heterocycles. The molecule has 0 bridgehead atoms. The number of H-pyrrole nitrogens is 1. The van der Waals surface area contributed by atoms with Crippen molar-refractivity contribution in [2.75, 3.05) is 5.32 Å². The van der Waals surface area contributed by atoms with Crippen molar-refractivity contribution >= 4 is 11.7 Å². The fourth-order valence-corrected chi connectivity index (χ4v) is 2.66. The molecule has 2 atom stereocenters. The summed E-state index contributed by atoms with van der Waals surface area (Å²) in [5.74, 6) is -2.84. The normalized spacial score (nSPS) is 23.6. The maximum atomic E-state index is 12.9. The zero-order chi connectivity index (χ0) is 14.8. The summed E-state index contributed by atoms with van der Waals surface area (Å²) in [6.07, 6.45) is -2.11. The minimum Gasteiger partial charge on any atom is -0.309 e. The van der Waals surface area contributed by atoms with E-state index in [2.05, 4.69) is 15.5 Å². The SMILES string of the molecule is CCc1cc(NC(=O)C2CCCCC2C(F)(F)F)n[nH]1. The number of aromatic nitrogens is 2. The molecule has 0 aromatic carbocycles. The van der Waals surface area contributed by atoms with Gasteiger partial charge in [0.05, 0.1) is 5.92 Å². The Kier molecular flexibility index (Phi) is 4.35. The molecular formula is C13H18F3N3O. The van der Waals surface area contributed by atoms with Gasteiger partial charge in [-0.2, -0.15) is 18.3 Å². The number of nitrogens with one attached hydrogen (secondary N) is 2. The zero-order valence-electron chi connectivity index (χ0n) is 11.3. The van der Waals surface area contributed by atoms with Gasteiger partial charge in [-0.25, -0.2) is 0 Å². The Labute approximate surface area is 115 Å². The van der Waals surface area contributed by atoms with Crippen molar-refractivity contribution in [3.05, 3.63) is 11.8 Å². The molecule has 0 spiro atoms. The van der Waals surface area contributed by atoms with E-state index < -0.39 is 23.9 Å². The van der Waals surface area contributed by atoms with Crippen molar-refractivity contribution in [1.82, 2.24) is 10.2 Å². The molecule has 7 heteroatoms. The highest BCUT2D eigenvalue weighted by Gasteiger charge is 2.48. The minimum absolute atomic E-state index is 0.0301. The van der Waals surface area contributed by atoms with Crippen LogP contribution in [0, 0.1) is 11.8 Å². The van der Waals surface area contributed by atoms with Crippen LogP contribution < -0.4 is 5.32 Å². The highest BCUT2D eigenvalue weighted by atomic mass is 19.4. The third kappa shape index (κ3) is 3.32. The molecule has 1 amide bonds. The third-order valence-electron chi connectivity index (χ3n) is 3.79. The van der Waals surface area contributed by atoms with Gasteiger partial charge in [0.2, 0.25) is 5.91 Å². The average Bonchev–Trinajstić information content (AvgIpc) is 2.85. The van der Waals surface area contributed by atoms with Crippen LogP contribution in [-0.2, 0) is 11.2 Å². The first kappa shape index (κ1) is 14.9. The monoisotopic (exact) mass is 289 g/mol. The number of alkyl halides is 3. The number of hydrogen-bond acceptors (Lipinski definition) is 2. The summed E-state index contributed by atoms with van der Waals surface area (Å²) in [5.41, 5.74) is 0.830. The Bertz CT molecular complexity index is 470. The molecule has 1 fully saturated rings. The van der Waals surface area contributed by atoms with Crippen LogP contribution in [0.5, 0.6) is 0 Å². The molecule has 20 heavy (non-hydrogen) atoms. The quantitative estimate of drug-likeness (QED) is 0.897. The number of hydrogen-bond donors (Lipinski definition) is 2. The van der Waals surface area contributed by atoms with Gasteiger partial charge in [0.15, 0.2) is 5.82 Å². The van der Waals surface area contributed by atoms with Gasteiger partial charge in [-0.15, -0.1) is 0 Å². The van der Waals surface area contributed by atoms with Gasteiger partial charge in [0.1, 0.15) is 0 Å². The summed E-state index contributed by atoms with van der Waals surface area (Å²) in [4.78, 5) is 12.1. The van der Waals surface area contributed by atoms with Gasteiger partial charge < -0.3 is 5.32 Å². The second kappa shape index (κ2) is 5.85. The van der Waals surface area contributed by atoms with E-state index in [0.717, 1.165) is 12.1 Å². The van der Waals surface area contributed by atoms with Crippen LogP contribution in [-0.4, -0.2) is 22.3 Å². The minimum atomic E-state index is -4.32. The lowest BCUT2D eigenvalue weighted by Gasteiger charge is -2.31. The van der Waals surface area contributed by atoms with E-state index in [1.54, 1.807) is 6.07 Å². The number of amides is 1. The summed E-state index contributed by atoms with van der Waals surface area (Å²) in [6.45, 7) is 1.92. The second-order valence-corrected chi connectivity index (χ2v) is 5.16. The van der Waals surface area contributed by atoms with Crippen molar-refractivity contribution in [3.8, 4) is 0 Å². The smallest absolute Gasteiger partial charge is 0.309 e. The number of carbonyl (C=O) groups excluding carboxylic acids is 1. The molecule has 1 heterocycles. The Balaban J connectivity index is 2.06. The standard InChI is InChI=1S/C13H18F3N3O/c1-2-8-7-11(19-18-8)17-12(20)9-5-3-4-6-10(9)13(14,15)16/h7,9-10H,2-6H2,1H3,(H2,17,18,19,20). The van der Waals surface area contributed by atoms with Crippen molar-refractivity contribution in [1.29, 1.82) is 0 Å². The average molecular weight is 289 g/mol. The molecule has 112 valence electrons. The third-order valence-corrected chi connectivity index (χ3v) is 3.79. The molecule has 4 nitrogen and oxygen atoms in total. The number of carbonyl (C=O) groups is 1. The van der Waals surface area contributed by atoms with Gasteiger partial charge in [-0.05, 0) is 19.3 Å². The molecule has 1 aromatic rings. The van der Waals surface area contributed by atoms with E-state index in [-0.39, 0.29) is 12.8 Å². The summed E-state index contributed by atoms with van der Waals surface area (Å²) >= 11 is 0. The fourth-order valence-electron chi connectivity index (χ4n) is 2.66. The number of aryl methyl sites for hydroxylation is 1. The molecule has 2 rings (SSSR count). The molecule has 1 aliphatic carbocycles. The van der Waals surface area contributed by atoms with Gasteiger partial charge in [0.25, 0.3) is 0 Å². The topological polar surface area (TPSA) is 57.8 Å². The van der Waals surface area contributed by atoms with Crippen molar-refractivity contribution in [2.24, 2.45) is 11.8 Å². The van der Waals surface area contributed by atoms with Crippen LogP contribution in [0.15, 0.2) is 6.07 Å². The van der Waals surface area contributed by atoms with Gasteiger partial charge in [0, 0.05) is 17.7 Å². The molecule has 2 N–H and O–H groups in total. The number of nitrogens with zero attached hydrogens (tertiary/aromatic N) is 1. The number of anilines is 1. The van der Waals surface area contributed by atoms with Crippen LogP contribution >= 0.6 is 0 Å². The Morgan fingerprint density at radius 2 is 2.15 bits per heavy atom. The summed E-state index contributed by atoms with van der Waals surface area (Å²) in [7, 11) is 0. The predicted molar refractivity (Wildman–Crippen MR) is 68.1 cm³/mol. The first-order chi connectivity index (χ1) is 9.41.